The fraction of sp³-hybridized carbons (Fsp3) is 0.571. The summed E-state index contributed by atoms with van der Waals surface area (Å²) in [5.74, 6) is 0. The Bertz CT molecular complexity index is 507. The summed E-state index contributed by atoms with van der Waals surface area (Å²) in [5, 5.41) is 13.6. The van der Waals surface area contributed by atoms with Crippen molar-refractivity contribution in [3.63, 3.8) is 0 Å². The van der Waals surface area contributed by atoms with Crippen LogP contribution in [0.15, 0.2) is 18.2 Å². The van der Waals surface area contributed by atoms with Crippen LogP contribution in [0.2, 0.25) is 0 Å². The van der Waals surface area contributed by atoms with Gasteiger partial charge in [-0.25, -0.2) is 0 Å². The molecule has 0 atom stereocenters. The van der Waals surface area contributed by atoms with Crippen LogP contribution in [0.3, 0.4) is 0 Å². The third kappa shape index (κ3) is 5.27. The number of rotatable bonds is 8. The Balaban J connectivity index is 3.08. The van der Waals surface area contributed by atoms with Crippen molar-refractivity contribution in [2.45, 2.75) is 26.1 Å². The average Bonchev–Trinajstić information content (AvgIpc) is 2.44. The average molecular weight is 319 g/mol. The molecule has 0 saturated carbocycles. The molecule has 0 heterocycles. The van der Waals surface area contributed by atoms with Crippen LogP contribution in [0.25, 0.3) is 0 Å². The molecular weight excluding hydrogens is 299 g/mol. The van der Waals surface area contributed by atoms with Crippen molar-refractivity contribution in [3.05, 3.63) is 39.4 Å². The Hall–Kier alpha value is -1.67. The molecule has 1 aromatic rings. The predicted octanol–water partition coefficient (Wildman–Crippen LogP) is 3.05. The Labute approximate surface area is 127 Å². The van der Waals surface area contributed by atoms with Crippen molar-refractivity contribution >= 4 is 5.69 Å². The van der Waals surface area contributed by atoms with Crippen molar-refractivity contribution in [2.75, 3.05) is 26.7 Å². The number of benzene rings is 1. The first-order valence-electron chi connectivity index (χ1n) is 7.01. The van der Waals surface area contributed by atoms with Gasteiger partial charge >= 0.3 is 6.18 Å². The molecule has 1 N–H and O–H groups in total. The number of alkyl halides is 3. The second-order valence-electron chi connectivity index (χ2n) is 4.98. The van der Waals surface area contributed by atoms with Gasteiger partial charge in [0, 0.05) is 31.8 Å². The molecule has 0 spiro atoms. The second-order valence-corrected chi connectivity index (χ2v) is 4.98. The van der Waals surface area contributed by atoms with Gasteiger partial charge in [-0.15, -0.1) is 0 Å². The number of nitrogens with one attached hydrogen (secondary N) is 1. The molecule has 124 valence electrons. The molecule has 0 saturated heterocycles. The lowest BCUT2D eigenvalue weighted by Crippen LogP contribution is -2.31. The summed E-state index contributed by atoms with van der Waals surface area (Å²) < 4.78 is 39.4. The predicted molar refractivity (Wildman–Crippen MR) is 77.6 cm³/mol. The van der Waals surface area contributed by atoms with Crippen LogP contribution in [0.1, 0.15) is 24.5 Å². The zero-order valence-electron chi connectivity index (χ0n) is 12.6. The van der Waals surface area contributed by atoms with E-state index in [1.54, 1.807) is 7.05 Å². The Morgan fingerprint density at radius 3 is 2.50 bits per heavy atom. The van der Waals surface area contributed by atoms with Crippen molar-refractivity contribution in [2.24, 2.45) is 0 Å². The van der Waals surface area contributed by atoms with Gasteiger partial charge in [0.2, 0.25) is 0 Å². The fourth-order valence-electron chi connectivity index (χ4n) is 2.18. The highest BCUT2D eigenvalue weighted by Gasteiger charge is 2.35. The maximum absolute atomic E-state index is 13.1. The first-order valence-corrected chi connectivity index (χ1v) is 7.01. The van der Waals surface area contributed by atoms with Gasteiger partial charge in [0.1, 0.15) is 0 Å². The number of halogens is 3. The van der Waals surface area contributed by atoms with Gasteiger partial charge in [-0.2, -0.15) is 13.2 Å². The van der Waals surface area contributed by atoms with E-state index in [1.807, 2.05) is 11.8 Å². The molecule has 0 radical (unpaired) electrons. The summed E-state index contributed by atoms with van der Waals surface area (Å²) in [4.78, 5) is 11.8. The topological polar surface area (TPSA) is 58.4 Å². The fourth-order valence-corrected chi connectivity index (χ4v) is 2.18. The lowest BCUT2D eigenvalue weighted by Gasteiger charge is -2.23. The quantitative estimate of drug-likeness (QED) is 0.591. The van der Waals surface area contributed by atoms with Crippen molar-refractivity contribution in [1.29, 1.82) is 0 Å². The minimum atomic E-state index is -4.61. The van der Waals surface area contributed by atoms with Gasteiger partial charge < -0.3 is 5.32 Å². The second kappa shape index (κ2) is 8.09. The largest absolute Gasteiger partial charge is 0.416 e. The van der Waals surface area contributed by atoms with E-state index in [-0.39, 0.29) is 12.1 Å². The Morgan fingerprint density at radius 1 is 1.32 bits per heavy atom. The van der Waals surface area contributed by atoms with E-state index in [0.717, 1.165) is 12.5 Å². The molecule has 22 heavy (non-hydrogen) atoms. The molecule has 0 amide bonds. The molecule has 0 bridgehead atoms. The van der Waals surface area contributed by atoms with E-state index in [4.69, 9.17) is 0 Å². The van der Waals surface area contributed by atoms with Crippen LogP contribution in [0.5, 0.6) is 0 Å². The first-order chi connectivity index (χ1) is 10.3. The Kier molecular flexibility index (Phi) is 6.76. The van der Waals surface area contributed by atoms with E-state index in [1.165, 1.54) is 6.07 Å². The minimum Gasteiger partial charge on any atom is -0.318 e. The summed E-state index contributed by atoms with van der Waals surface area (Å²) in [6.45, 7) is 4.00. The molecule has 1 aromatic carbocycles. The third-order valence-corrected chi connectivity index (χ3v) is 3.22. The van der Waals surface area contributed by atoms with E-state index >= 15 is 0 Å². The van der Waals surface area contributed by atoms with Crippen LogP contribution in [0.4, 0.5) is 18.9 Å². The number of likely N-dealkylation sites (N-methyl/N-ethyl adjacent to an activating group) is 1. The first kappa shape index (κ1) is 18.4. The maximum Gasteiger partial charge on any atom is 0.416 e. The summed E-state index contributed by atoms with van der Waals surface area (Å²) >= 11 is 0. The molecule has 0 aliphatic carbocycles. The Morgan fingerprint density at radius 2 is 2.00 bits per heavy atom. The molecule has 0 aromatic heterocycles. The summed E-state index contributed by atoms with van der Waals surface area (Å²) in [7, 11) is 1.77. The van der Waals surface area contributed by atoms with Crippen LogP contribution < -0.4 is 5.32 Å². The van der Waals surface area contributed by atoms with Crippen molar-refractivity contribution in [1.82, 2.24) is 10.2 Å². The van der Waals surface area contributed by atoms with Gasteiger partial charge in [-0.05, 0) is 25.6 Å². The highest BCUT2D eigenvalue weighted by atomic mass is 19.4. The lowest BCUT2D eigenvalue weighted by molar-refractivity contribution is -0.385. The zero-order valence-corrected chi connectivity index (χ0v) is 12.6. The number of nitro groups is 1. The molecule has 0 fully saturated rings. The highest BCUT2D eigenvalue weighted by molar-refractivity contribution is 5.41. The highest BCUT2D eigenvalue weighted by Crippen LogP contribution is 2.34. The lowest BCUT2D eigenvalue weighted by atomic mass is 10.1. The SMILES string of the molecule is CCCN(CCNC)Cc1ccc([N+](=O)[O-])cc1C(F)(F)F. The normalized spacial score (nSPS) is 11.9. The van der Waals surface area contributed by atoms with E-state index < -0.39 is 22.4 Å². The van der Waals surface area contributed by atoms with Crippen LogP contribution in [-0.2, 0) is 12.7 Å². The number of non-ortho nitro benzene ring substituents is 1. The van der Waals surface area contributed by atoms with Gasteiger partial charge in [0.25, 0.3) is 5.69 Å². The van der Waals surface area contributed by atoms with Crippen molar-refractivity contribution in [3.8, 4) is 0 Å². The van der Waals surface area contributed by atoms with E-state index in [9.17, 15) is 23.3 Å². The molecule has 8 heteroatoms. The minimum absolute atomic E-state index is 0.0580. The molecule has 0 unspecified atom stereocenters. The molecule has 1 rings (SSSR count). The van der Waals surface area contributed by atoms with Crippen molar-refractivity contribution < 1.29 is 18.1 Å². The maximum atomic E-state index is 13.1. The van der Waals surface area contributed by atoms with E-state index in [2.05, 4.69) is 5.32 Å². The number of hydrogen-bond acceptors (Lipinski definition) is 4. The van der Waals surface area contributed by atoms with Crippen LogP contribution in [-0.4, -0.2) is 36.5 Å². The van der Waals surface area contributed by atoms with Gasteiger partial charge in [-0.3, -0.25) is 15.0 Å². The standard InChI is InChI=1S/C14H20F3N3O2/c1-3-7-19(8-6-18-2)10-11-4-5-12(20(21)22)9-13(11)14(15,16)17/h4-5,9,18H,3,6-8,10H2,1-2H3. The van der Waals surface area contributed by atoms with Gasteiger partial charge in [0.05, 0.1) is 10.5 Å². The van der Waals surface area contributed by atoms with E-state index in [0.29, 0.717) is 25.7 Å². The number of hydrogen-bond donors (Lipinski definition) is 1. The van der Waals surface area contributed by atoms with Crippen LogP contribution >= 0.6 is 0 Å². The van der Waals surface area contributed by atoms with Gasteiger partial charge in [0.15, 0.2) is 0 Å². The van der Waals surface area contributed by atoms with Crippen LogP contribution in [0, 0.1) is 10.1 Å². The number of nitro benzene ring substituents is 1. The molecule has 0 aliphatic heterocycles. The zero-order chi connectivity index (χ0) is 16.8. The summed E-state index contributed by atoms with van der Waals surface area (Å²) in [6.07, 6.45) is -3.79. The smallest absolute Gasteiger partial charge is 0.318 e. The molecule has 0 aliphatic rings. The summed E-state index contributed by atoms with van der Waals surface area (Å²) in [6, 6.07) is 2.92. The molecule has 5 nitrogen and oxygen atoms in total. The monoisotopic (exact) mass is 319 g/mol. The third-order valence-electron chi connectivity index (χ3n) is 3.22. The number of nitrogens with zero attached hydrogens (tertiary/aromatic N) is 2. The molecular formula is C14H20F3N3O2. The van der Waals surface area contributed by atoms with Gasteiger partial charge in [-0.1, -0.05) is 13.0 Å². The summed E-state index contributed by atoms with van der Waals surface area (Å²) in [5.41, 5.74) is -1.43.